The van der Waals surface area contributed by atoms with Gasteiger partial charge in [0.15, 0.2) is 5.78 Å². The van der Waals surface area contributed by atoms with E-state index in [1.54, 1.807) is 12.1 Å². The van der Waals surface area contributed by atoms with Gasteiger partial charge in [0.1, 0.15) is 0 Å². The maximum Gasteiger partial charge on any atom is 0.227 e. The summed E-state index contributed by atoms with van der Waals surface area (Å²) in [7, 11) is 0. The van der Waals surface area contributed by atoms with Crippen LogP contribution >= 0.6 is 0 Å². The second kappa shape index (κ2) is 15.6. The average molecular weight is 458 g/mol. The lowest BCUT2D eigenvalue weighted by Crippen LogP contribution is -2.27. The highest BCUT2D eigenvalue weighted by atomic mass is 16.2. The lowest BCUT2D eigenvalue weighted by atomic mass is 10.0. The minimum atomic E-state index is -0.234. The third kappa shape index (κ3) is 9.74. The van der Waals surface area contributed by atoms with E-state index in [0.29, 0.717) is 12.1 Å². The molecule has 3 aromatic rings. The van der Waals surface area contributed by atoms with Gasteiger partial charge in [-0.05, 0) is 35.1 Å². The Bertz CT molecular complexity index is 972. The molecule has 3 rings (SSSR count). The Balaban J connectivity index is 0.000000604. The Labute approximate surface area is 205 Å². The number of aryl methyl sites for hydroxylation is 1. The van der Waals surface area contributed by atoms with E-state index in [9.17, 15) is 9.59 Å². The van der Waals surface area contributed by atoms with Crippen molar-refractivity contribution in [3.05, 3.63) is 95.6 Å². The van der Waals surface area contributed by atoms with E-state index >= 15 is 0 Å². The fraction of sp³-hybridized carbons (Fsp3) is 0.355. The van der Waals surface area contributed by atoms with Crippen molar-refractivity contribution in [2.45, 2.75) is 65.7 Å². The van der Waals surface area contributed by atoms with Gasteiger partial charge in [0.2, 0.25) is 5.91 Å². The fourth-order valence-corrected chi connectivity index (χ4v) is 3.58. The number of carbonyl (C=O) groups is 2. The van der Waals surface area contributed by atoms with Gasteiger partial charge in [0, 0.05) is 12.1 Å². The molecule has 0 bridgehead atoms. The first-order valence-corrected chi connectivity index (χ1v) is 12.6. The van der Waals surface area contributed by atoms with Gasteiger partial charge in [0.05, 0.1) is 6.42 Å². The number of nitrogens with one attached hydrogen (secondary N) is 1. The quantitative estimate of drug-likeness (QED) is 0.185. The highest BCUT2D eigenvalue weighted by molar-refractivity contribution is 6.07. The molecule has 0 atom stereocenters. The molecule has 0 aliphatic rings. The zero-order valence-corrected chi connectivity index (χ0v) is 21.0. The van der Waals surface area contributed by atoms with Crippen LogP contribution in [0.3, 0.4) is 0 Å². The van der Waals surface area contributed by atoms with E-state index in [4.69, 9.17) is 0 Å². The van der Waals surface area contributed by atoms with Crippen molar-refractivity contribution in [1.29, 1.82) is 0 Å². The monoisotopic (exact) mass is 457 g/mol. The standard InChI is InChI=1S/C25H25NO2.C6H14/c1-2-19-8-10-20(11-9-19)16-17-26-25(28)18-24(27)23-14-12-22(13-15-23)21-6-4-3-5-7-21;1-3-5-6-4-2/h3-15H,2,16-18H2,1H3,(H,26,28);3-6H2,1-2H3. The van der Waals surface area contributed by atoms with E-state index in [-0.39, 0.29) is 18.1 Å². The number of Topliss-reactive ketones (excluding diaryl/α,β-unsaturated/α-hetero) is 1. The maximum atomic E-state index is 12.3. The Morgan fingerprint density at radius 3 is 1.79 bits per heavy atom. The Kier molecular flexibility index (Phi) is 12.4. The van der Waals surface area contributed by atoms with E-state index in [1.165, 1.54) is 36.8 Å². The molecule has 0 fully saturated rings. The van der Waals surface area contributed by atoms with Crippen LogP contribution in [0.15, 0.2) is 78.9 Å². The number of benzene rings is 3. The zero-order chi connectivity index (χ0) is 24.6. The predicted octanol–water partition coefficient (Wildman–Crippen LogP) is 7.43. The van der Waals surface area contributed by atoms with Crippen molar-refractivity contribution >= 4 is 11.7 Å². The normalized spacial score (nSPS) is 10.2. The highest BCUT2D eigenvalue weighted by Crippen LogP contribution is 2.19. The van der Waals surface area contributed by atoms with Gasteiger partial charge in [0.25, 0.3) is 0 Å². The van der Waals surface area contributed by atoms with Crippen LogP contribution in [-0.4, -0.2) is 18.2 Å². The van der Waals surface area contributed by atoms with Gasteiger partial charge in [-0.15, -0.1) is 0 Å². The van der Waals surface area contributed by atoms with Crippen LogP contribution in [0.2, 0.25) is 0 Å². The van der Waals surface area contributed by atoms with Gasteiger partial charge in [-0.2, -0.15) is 0 Å². The van der Waals surface area contributed by atoms with Gasteiger partial charge in [-0.1, -0.05) is 125 Å². The van der Waals surface area contributed by atoms with Gasteiger partial charge >= 0.3 is 0 Å². The molecule has 1 amide bonds. The second-order valence-corrected chi connectivity index (χ2v) is 8.52. The number of hydrogen-bond acceptors (Lipinski definition) is 2. The summed E-state index contributed by atoms with van der Waals surface area (Å²) in [6.45, 7) is 7.12. The molecule has 0 spiro atoms. The van der Waals surface area contributed by atoms with Crippen molar-refractivity contribution in [3.8, 4) is 11.1 Å². The van der Waals surface area contributed by atoms with Crippen LogP contribution in [0.5, 0.6) is 0 Å². The third-order valence-corrected chi connectivity index (χ3v) is 5.76. The molecule has 3 aromatic carbocycles. The van der Waals surface area contributed by atoms with Crippen molar-refractivity contribution in [3.63, 3.8) is 0 Å². The minimum Gasteiger partial charge on any atom is -0.355 e. The first-order valence-electron chi connectivity index (χ1n) is 12.6. The predicted molar refractivity (Wildman–Crippen MR) is 143 cm³/mol. The third-order valence-electron chi connectivity index (χ3n) is 5.76. The minimum absolute atomic E-state index is 0.126. The largest absolute Gasteiger partial charge is 0.355 e. The fourth-order valence-electron chi connectivity index (χ4n) is 3.58. The lowest BCUT2D eigenvalue weighted by Gasteiger charge is -2.07. The molecule has 0 aromatic heterocycles. The molecule has 3 nitrogen and oxygen atoms in total. The molecule has 0 aliphatic heterocycles. The molecular weight excluding hydrogens is 418 g/mol. The van der Waals surface area contributed by atoms with E-state index < -0.39 is 0 Å². The molecule has 0 radical (unpaired) electrons. The number of unbranched alkanes of at least 4 members (excludes halogenated alkanes) is 3. The molecule has 3 heteroatoms. The van der Waals surface area contributed by atoms with Crippen molar-refractivity contribution in [2.75, 3.05) is 6.54 Å². The molecule has 0 saturated heterocycles. The maximum absolute atomic E-state index is 12.3. The summed E-state index contributed by atoms with van der Waals surface area (Å²) in [6, 6.07) is 25.8. The Morgan fingerprint density at radius 1 is 0.676 bits per heavy atom. The molecule has 0 aliphatic carbocycles. The molecule has 180 valence electrons. The van der Waals surface area contributed by atoms with E-state index in [0.717, 1.165) is 24.0 Å². The van der Waals surface area contributed by atoms with Gasteiger partial charge in [-0.25, -0.2) is 0 Å². The molecular formula is C31H39NO2. The van der Waals surface area contributed by atoms with E-state index in [1.807, 2.05) is 42.5 Å². The summed E-state index contributed by atoms with van der Waals surface area (Å²) in [4.78, 5) is 24.4. The topological polar surface area (TPSA) is 46.2 Å². The smallest absolute Gasteiger partial charge is 0.227 e. The SMILES string of the molecule is CCCCCC.CCc1ccc(CCNC(=O)CC(=O)c2ccc(-c3ccccc3)cc2)cc1. The summed E-state index contributed by atoms with van der Waals surface area (Å²) >= 11 is 0. The van der Waals surface area contributed by atoms with Crippen LogP contribution in [-0.2, 0) is 17.6 Å². The van der Waals surface area contributed by atoms with Gasteiger partial charge < -0.3 is 5.32 Å². The number of rotatable bonds is 11. The summed E-state index contributed by atoms with van der Waals surface area (Å²) in [5.74, 6) is -0.397. The average Bonchev–Trinajstić information content (AvgIpc) is 2.89. The number of ketones is 1. The molecule has 0 heterocycles. The van der Waals surface area contributed by atoms with Crippen LogP contribution in [0.25, 0.3) is 11.1 Å². The number of amides is 1. The summed E-state index contributed by atoms with van der Waals surface area (Å²) in [6.07, 6.45) is 7.19. The second-order valence-electron chi connectivity index (χ2n) is 8.52. The zero-order valence-electron chi connectivity index (χ0n) is 21.0. The van der Waals surface area contributed by atoms with Crippen LogP contribution in [0, 0.1) is 0 Å². The van der Waals surface area contributed by atoms with E-state index in [2.05, 4.69) is 50.4 Å². The van der Waals surface area contributed by atoms with Crippen LogP contribution < -0.4 is 5.32 Å². The molecule has 0 unspecified atom stereocenters. The summed E-state index contributed by atoms with van der Waals surface area (Å²) < 4.78 is 0. The number of carbonyl (C=O) groups excluding carboxylic acids is 2. The van der Waals surface area contributed by atoms with Crippen molar-refractivity contribution in [1.82, 2.24) is 5.32 Å². The molecule has 1 N–H and O–H groups in total. The first-order chi connectivity index (χ1) is 16.6. The Morgan fingerprint density at radius 2 is 1.24 bits per heavy atom. The van der Waals surface area contributed by atoms with Crippen LogP contribution in [0.1, 0.15) is 74.4 Å². The van der Waals surface area contributed by atoms with Crippen molar-refractivity contribution < 1.29 is 9.59 Å². The summed E-state index contributed by atoms with van der Waals surface area (Å²) in [5, 5.41) is 2.84. The molecule has 34 heavy (non-hydrogen) atoms. The van der Waals surface area contributed by atoms with Gasteiger partial charge in [-0.3, -0.25) is 9.59 Å². The molecule has 0 saturated carbocycles. The van der Waals surface area contributed by atoms with Crippen molar-refractivity contribution in [2.24, 2.45) is 0 Å². The first kappa shape index (κ1) is 27.0. The number of hydrogen-bond donors (Lipinski definition) is 1. The van der Waals surface area contributed by atoms with Crippen LogP contribution in [0.4, 0.5) is 0 Å². The Hall–Kier alpha value is -3.20. The summed E-state index contributed by atoms with van der Waals surface area (Å²) in [5.41, 5.74) is 5.20. The highest BCUT2D eigenvalue weighted by Gasteiger charge is 2.11. The lowest BCUT2D eigenvalue weighted by molar-refractivity contribution is -0.120.